The molecule has 43 heavy (non-hydrogen) atoms. The number of amides is 3. The highest BCUT2D eigenvalue weighted by Gasteiger charge is 2.33. The molecule has 226 valence electrons. The normalized spacial score (nSPS) is 15.3. The third-order valence-corrected chi connectivity index (χ3v) is 8.53. The fourth-order valence-corrected chi connectivity index (χ4v) is 6.18. The van der Waals surface area contributed by atoms with Crippen molar-refractivity contribution in [1.29, 1.82) is 0 Å². The highest BCUT2D eigenvalue weighted by atomic mass is 16.2. The number of rotatable bonds is 9. The van der Waals surface area contributed by atoms with E-state index >= 15 is 0 Å². The van der Waals surface area contributed by atoms with Crippen molar-refractivity contribution in [3.05, 3.63) is 95.7 Å². The highest BCUT2D eigenvalue weighted by Crippen LogP contribution is 2.32. The van der Waals surface area contributed by atoms with E-state index in [1.54, 1.807) is 0 Å². The van der Waals surface area contributed by atoms with E-state index in [9.17, 15) is 9.59 Å². The van der Waals surface area contributed by atoms with Crippen molar-refractivity contribution >= 4 is 34.2 Å². The molecule has 1 aliphatic rings. The van der Waals surface area contributed by atoms with Gasteiger partial charge in [0.1, 0.15) is 6.04 Å². The molecule has 8 nitrogen and oxygen atoms in total. The molecule has 1 aromatic heterocycles. The Hall–Kier alpha value is -4.30. The minimum absolute atomic E-state index is 0.201. The molecular weight excluding hydrogens is 536 g/mol. The molecule has 3 aromatic carbocycles. The van der Waals surface area contributed by atoms with Crippen LogP contribution in [-0.2, 0) is 11.3 Å². The summed E-state index contributed by atoms with van der Waals surface area (Å²) in [4.78, 5) is 37.1. The van der Waals surface area contributed by atoms with Crippen molar-refractivity contribution in [2.24, 2.45) is 0 Å². The first kappa shape index (κ1) is 30.2. The van der Waals surface area contributed by atoms with Gasteiger partial charge in [-0.25, -0.2) is 4.79 Å². The van der Waals surface area contributed by atoms with E-state index in [-0.39, 0.29) is 17.9 Å². The lowest BCUT2D eigenvalue weighted by atomic mass is 9.89. The van der Waals surface area contributed by atoms with Crippen molar-refractivity contribution in [3.8, 4) is 0 Å². The monoisotopic (exact) mass is 580 g/mol. The zero-order valence-corrected chi connectivity index (χ0v) is 25.9. The van der Waals surface area contributed by atoms with Crippen LogP contribution >= 0.6 is 0 Å². The molecule has 0 spiro atoms. The van der Waals surface area contributed by atoms with Crippen LogP contribution in [0.5, 0.6) is 0 Å². The van der Waals surface area contributed by atoms with Gasteiger partial charge in [0.05, 0.1) is 11.4 Å². The Bertz CT molecular complexity index is 1540. The van der Waals surface area contributed by atoms with Crippen LogP contribution < -0.4 is 15.5 Å². The van der Waals surface area contributed by atoms with Gasteiger partial charge in [0.2, 0.25) is 5.91 Å². The topological polar surface area (TPSA) is 83.7 Å². The van der Waals surface area contributed by atoms with Crippen LogP contribution in [-0.4, -0.2) is 74.0 Å². The van der Waals surface area contributed by atoms with E-state index in [0.717, 1.165) is 52.8 Å². The molecule has 1 aliphatic heterocycles. The number of likely N-dealkylation sites (tertiary alicyclic amines) is 1. The van der Waals surface area contributed by atoms with Crippen molar-refractivity contribution in [2.45, 2.75) is 44.2 Å². The molecule has 3 N–H and O–H groups in total. The van der Waals surface area contributed by atoms with Gasteiger partial charge in [-0.1, -0.05) is 61.5 Å². The maximum absolute atomic E-state index is 14.2. The molecule has 0 bridgehead atoms. The number of hydrogen-bond donors (Lipinski definition) is 3. The summed E-state index contributed by atoms with van der Waals surface area (Å²) >= 11 is 0. The number of urea groups is 1. The molecule has 0 saturated carbocycles. The number of piperidine rings is 1. The molecule has 5 rings (SSSR count). The Kier molecular flexibility index (Phi) is 9.36. The van der Waals surface area contributed by atoms with E-state index in [1.807, 2.05) is 87.5 Å². The van der Waals surface area contributed by atoms with Gasteiger partial charge in [0.25, 0.3) is 0 Å². The van der Waals surface area contributed by atoms with Crippen LogP contribution in [0.3, 0.4) is 0 Å². The molecule has 0 unspecified atom stereocenters. The number of carbonyl (C=O) groups excluding carboxylic acids is 2. The number of nitrogens with one attached hydrogen (secondary N) is 3. The van der Waals surface area contributed by atoms with E-state index in [0.29, 0.717) is 19.0 Å². The lowest BCUT2D eigenvalue weighted by Gasteiger charge is -2.34. The molecular formula is C35H44N6O2. The van der Waals surface area contributed by atoms with Crippen molar-refractivity contribution in [3.63, 3.8) is 0 Å². The van der Waals surface area contributed by atoms with Gasteiger partial charge < -0.3 is 30.3 Å². The van der Waals surface area contributed by atoms with Gasteiger partial charge in [0.15, 0.2) is 0 Å². The van der Waals surface area contributed by atoms with Crippen molar-refractivity contribution in [1.82, 2.24) is 20.1 Å². The van der Waals surface area contributed by atoms with Gasteiger partial charge in [-0.05, 0) is 67.7 Å². The van der Waals surface area contributed by atoms with Gasteiger partial charge in [-0.3, -0.25) is 4.79 Å². The first-order valence-corrected chi connectivity index (χ1v) is 15.1. The second-order valence-electron chi connectivity index (χ2n) is 12.2. The first-order valence-electron chi connectivity index (χ1n) is 15.1. The smallest absolute Gasteiger partial charge is 0.318 e. The van der Waals surface area contributed by atoms with Gasteiger partial charge in [-0.15, -0.1) is 0 Å². The average Bonchev–Trinajstić information content (AvgIpc) is 3.44. The SMILES string of the molecule is C[C@@H](c1c[nH]c2ccccc12)[C@@H](NC(=O)N1CCC(c2ccccc2)CC1)C(=O)Nc1cc(CN(C)C)ccc1N(C)C. The lowest BCUT2D eigenvalue weighted by molar-refractivity contribution is -0.118. The predicted molar refractivity (Wildman–Crippen MR) is 176 cm³/mol. The summed E-state index contributed by atoms with van der Waals surface area (Å²) in [7, 11) is 7.97. The second-order valence-corrected chi connectivity index (χ2v) is 12.2. The molecule has 0 aliphatic carbocycles. The molecule has 0 radical (unpaired) electrons. The summed E-state index contributed by atoms with van der Waals surface area (Å²) in [5.41, 5.74) is 6.04. The van der Waals surface area contributed by atoms with Crippen LogP contribution in [0.15, 0.2) is 79.0 Å². The van der Waals surface area contributed by atoms with Crippen molar-refractivity contribution in [2.75, 3.05) is 51.5 Å². The number of anilines is 2. The van der Waals surface area contributed by atoms with Crippen LogP contribution in [0.1, 0.15) is 48.3 Å². The molecule has 2 heterocycles. The predicted octanol–water partition coefficient (Wildman–Crippen LogP) is 6.00. The highest BCUT2D eigenvalue weighted by molar-refractivity contribution is 6.00. The van der Waals surface area contributed by atoms with E-state index < -0.39 is 6.04 Å². The Labute approximate surface area is 255 Å². The lowest BCUT2D eigenvalue weighted by Crippen LogP contribution is -2.53. The van der Waals surface area contributed by atoms with Crippen molar-refractivity contribution < 1.29 is 9.59 Å². The average molecular weight is 581 g/mol. The number of para-hydroxylation sites is 1. The molecule has 4 aromatic rings. The maximum Gasteiger partial charge on any atom is 0.318 e. The number of carbonyl (C=O) groups is 2. The third kappa shape index (κ3) is 7.03. The summed E-state index contributed by atoms with van der Waals surface area (Å²) in [6.07, 6.45) is 3.75. The van der Waals surface area contributed by atoms with Crippen LogP contribution in [0.2, 0.25) is 0 Å². The minimum Gasteiger partial charge on any atom is -0.376 e. The number of fused-ring (bicyclic) bond motifs is 1. The Balaban J connectivity index is 1.39. The zero-order valence-electron chi connectivity index (χ0n) is 25.9. The molecule has 3 amide bonds. The maximum atomic E-state index is 14.2. The number of hydrogen-bond acceptors (Lipinski definition) is 4. The van der Waals surface area contributed by atoms with Gasteiger partial charge in [-0.2, -0.15) is 0 Å². The fourth-order valence-electron chi connectivity index (χ4n) is 6.18. The fraction of sp³-hybridized carbons (Fsp3) is 0.371. The van der Waals surface area contributed by atoms with Gasteiger partial charge in [0, 0.05) is 56.7 Å². The van der Waals surface area contributed by atoms with Crippen LogP contribution in [0.25, 0.3) is 10.9 Å². The molecule has 1 fully saturated rings. The molecule has 2 atom stereocenters. The van der Waals surface area contributed by atoms with Gasteiger partial charge >= 0.3 is 6.03 Å². The minimum atomic E-state index is -0.786. The number of nitrogens with zero attached hydrogens (tertiary/aromatic N) is 3. The summed E-state index contributed by atoms with van der Waals surface area (Å²) in [6, 6.07) is 23.7. The first-order chi connectivity index (χ1) is 20.7. The standard InChI is InChI=1S/C35H44N6O2/c1-24(29-22-36-30-14-10-9-13-28(29)30)33(34(42)37-31-21-25(23-39(2)3)15-16-32(31)40(4)5)38-35(43)41-19-17-27(18-20-41)26-11-7-6-8-12-26/h6-16,21-22,24,27,33,36H,17-20,23H2,1-5H3,(H,37,42)(H,38,43)/t24-,33+/m0/s1. The second kappa shape index (κ2) is 13.3. The quantitative estimate of drug-likeness (QED) is 0.227. The summed E-state index contributed by atoms with van der Waals surface area (Å²) in [5.74, 6) is -0.0847. The number of aromatic amines is 1. The largest absolute Gasteiger partial charge is 0.376 e. The summed E-state index contributed by atoms with van der Waals surface area (Å²) < 4.78 is 0. The van der Waals surface area contributed by atoms with E-state index in [2.05, 4.69) is 56.9 Å². The Morgan fingerprint density at radius 2 is 1.65 bits per heavy atom. The zero-order chi connectivity index (χ0) is 30.5. The number of benzene rings is 3. The third-order valence-electron chi connectivity index (χ3n) is 8.53. The summed E-state index contributed by atoms with van der Waals surface area (Å²) in [5, 5.41) is 7.39. The van der Waals surface area contributed by atoms with E-state index in [4.69, 9.17) is 0 Å². The summed E-state index contributed by atoms with van der Waals surface area (Å²) in [6.45, 7) is 4.07. The Morgan fingerprint density at radius 1 is 0.953 bits per heavy atom. The number of aromatic nitrogens is 1. The Morgan fingerprint density at radius 3 is 2.35 bits per heavy atom. The molecule has 8 heteroatoms. The van der Waals surface area contributed by atoms with Crippen LogP contribution in [0, 0.1) is 0 Å². The van der Waals surface area contributed by atoms with E-state index in [1.165, 1.54) is 5.56 Å². The van der Waals surface area contributed by atoms with Crippen LogP contribution in [0.4, 0.5) is 16.2 Å². The number of H-pyrrole nitrogens is 1. The molecule has 1 saturated heterocycles.